The highest BCUT2D eigenvalue weighted by molar-refractivity contribution is 6.99. The average molecular weight is 1010 g/mol. The quantitative estimate of drug-likeness (QED) is 0.0401. The summed E-state index contributed by atoms with van der Waals surface area (Å²) in [4.78, 5) is 12.7. The fourth-order valence-electron chi connectivity index (χ4n) is 9.19. The van der Waals surface area contributed by atoms with Crippen LogP contribution in [-0.2, 0) is 28.1 Å². The minimum Gasteiger partial charge on any atom is -0.447 e. The first-order valence-corrected chi connectivity index (χ1v) is 31.1. The van der Waals surface area contributed by atoms with Gasteiger partial charge in [-0.3, -0.25) is 0 Å². The van der Waals surface area contributed by atoms with E-state index in [9.17, 15) is 4.79 Å². The molecule has 0 saturated carbocycles. The molecule has 0 aliphatic carbocycles. The lowest BCUT2D eigenvalue weighted by Gasteiger charge is -2.43. The molecule has 0 aliphatic rings. The van der Waals surface area contributed by atoms with Crippen molar-refractivity contribution in [3.05, 3.63) is 85.0 Å². The second-order valence-electron chi connectivity index (χ2n) is 20.7. The number of allylic oxidation sites excluding steroid dienone is 4. The Labute approximate surface area is 437 Å². The van der Waals surface area contributed by atoms with E-state index < -0.39 is 14.4 Å². The first-order chi connectivity index (χ1) is 34.8. The van der Waals surface area contributed by atoms with Crippen molar-refractivity contribution in [3.8, 4) is 0 Å². The van der Waals surface area contributed by atoms with Gasteiger partial charge in [-0.1, -0.05) is 235 Å². The van der Waals surface area contributed by atoms with E-state index in [1.54, 1.807) is 0 Å². The highest BCUT2D eigenvalue weighted by atomic mass is 28.4. The van der Waals surface area contributed by atoms with E-state index in [2.05, 4.69) is 125 Å². The zero-order valence-electron chi connectivity index (χ0n) is 46.4. The molecule has 0 heterocycles. The molecule has 0 aliphatic heterocycles. The topological polar surface area (TPSA) is 84.5 Å². The van der Waals surface area contributed by atoms with E-state index in [4.69, 9.17) is 28.1 Å². The summed E-state index contributed by atoms with van der Waals surface area (Å²) in [6.45, 7) is 15.9. The molecule has 0 bridgehead atoms. The van der Waals surface area contributed by atoms with Crippen LogP contribution in [0.25, 0.3) is 0 Å². The SMILES string of the molecule is CCCCCCCC/C=C\CCCCCCCCOCC(COC(=O)NCCOCCOCCO[Si](c1ccccc1)(c1ccccc1)C(C)(C)C)OCCCCCCCC/C=C\CCCCCCCC. The maximum Gasteiger partial charge on any atom is 0.407 e. The fraction of sp³-hybridized carbons (Fsp3) is 0.726. The smallest absolute Gasteiger partial charge is 0.407 e. The molecule has 1 N–H and O–H groups in total. The van der Waals surface area contributed by atoms with E-state index in [0.717, 1.165) is 19.3 Å². The van der Waals surface area contributed by atoms with Gasteiger partial charge in [0.05, 0.1) is 39.6 Å². The van der Waals surface area contributed by atoms with Crippen LogP contribution in [0.1, 0.15) is 214 Å². The summed E-state index contributed by atoms with van der Waals surface area (Å²) in [6.07, 6.45) is 44.7. The molecule has 0 saturated heterocycles. The van der Waals surface area contributed by atoms with E-state index >= 15 is 0 Å². The Morgan fingerprint density at radius 2 is 0.887 bits per heavy atom. The summed E-state index contributed by atoms with van der Waals surface area (Å²) in [6, 6.07) is 21.3. The number of alkyl carbamates (subject to hydrolysis) is 1. The summed E-state index contributed by atoms with van der Waals surface area (Å²) >= 11 is 0. The van der Waals surface area contributed by atoms with Gasteiger partial charge in [0.1, 0.15) is 12.7 Å². The third kappa shape index (κ3) is 33.6. The lowest BCUT2D eigenvalue weighted by atomic mass is 10.1. The van der Waals surface area contributed by atoms with Crippen molar-refractivity contribution in [3.63, 3.8) is 0 Å². The Morgan fingerprint density at radius 3 is 1.35 bits per heavy atom. The van der Waals surface area contributed by atoms with Gasteiger partial charge >= 0.3 is 6.09 Å². The fourth-order valence-corrected chi connectivity index (χ4v) is 13.7. The van der Waals surface area contributed by atoms with Gasteiger partial charge in [0.2, 0.25) is 0 Å². The number of benzene rings is 2. The Hall–Kier alpha value is -2.79. The number of carbonyl (C=O) groups is 1. The van der Waals surface area contributed by atoms with Crippen LogP contribution in [-0.4, -0.2) is 86.5 Å². The Balaban J connectivity index is 1.62. The van der Waals surface area contributed by atoms with Crippen molar-refractivity contribution in [2.24, 2.45) is 0 Å². The van der Waals surface area contributed by atoms with Crippen LogP contribution >= 0.6 is 0 Å². The molecule has 1 atom stereocenters. The zero-order chi connectivity index (χ0) is 51.0. The zero-order valence-corrected chi connectivity index (χ0v) is 47.4. The Kier molecular flexibility index (Phi) is 41.5. The normalized spacial score (nSPS) is 12.6. The number of amides is 1. The van der Waals surface area contributed by atoms with Crippen molar-refractivity contribution >= 4 is 24.8 Å². The predicted octanol–water partition coefficient (Wildman–Crippen LogP) is 15.8. The minimum absolute atomic E-state index is 0.0813. The van der Waals surface area contributed by atoms with Gasteiger partial charge in [0.25, 0.3) is 8.32 Å². The second kappa shape index (κ2) is 45.8. The maximum atomic E-state index is 12.7. The third-order valence-corrected chi connectivity index (χ3v) is 18.4. The number of hydrogen-bond acceptors (Lipinski definition) is 7. The van der Waals surface area contributed by atoms with Gasteiger partial charge in [-0.25, -0.2) is 4.79 Å². The summed E-state index contributed by atoms with van der Waals surface area (Å²) in [5.74, 6) is 0. The molecule has 0 fully saturated rings. The Bertz CT molecular complexity index is 1480. The second-order valence-corrected chi connectivity index (χ2v) is 25.0. The van der Waals surface area contributed by atoms with Crippen LogP contribution in [0.4, 0.5) is 4.79 Å². The number of unbranched alkanes of at least 4 members (excludes halogenated alkanes) is 24. The number of nitrogens with one attached hydrogen (secondary N) is 1. The van der Waals surface area contributed by atoms with Crippen molar-refractivity contribution < 1.29 is 32.9 Å². The molecule has 8 nitrogen and oxygen atoms in total. The first kappa shape index (κ1) is 64.3. The molecule has 2 aromatic rings. The molecule has 1 amide bonds. The summed E-state index contributed by atoms with van der Waals surface area (Å²) in [7, 11) is -2.59. The van der Waals surface area contributed by atoms with Crippen molar-refractivity contribution in [2.75, 3.05) is 66.0 Å². The largest absolute Gasteiger partial charge is 0.447 e. The summed E-state index contributed by atoms with van der Waals surface area (Å²) in [5, 5.41) is 5.25. The minimum atomic E-state index is -2.59. The van der Waals surface area contributed by atoms with Crippen LogP contribution in [0, 0.1) is 0 Å². The van der Waals surface area contributed by atoms with Crippen LogP contribution in [0.2, 0.25) is 5.04 Å². The van der Waals surface area contributed by atoms with Crippen LogP contribution in [0.5, 0.6) is 0 Å². The van der Waals surface area contributed by atoms with Crippen molar-refractivity contribution in [1.29, 1.82) is 0 Å². The van der Waals surface area contributed by atoms with Crippen molar-refractivity contribution in [2.45, 2.75) is 226 Å². The van der Waals surface area contributed by atoms with Gasteiger partial charge in [0.15, 0.2) is 0 Å². The molecule has 2 rings (SSSR count). The number of ether oxygens (including phenoxy) is 5. The first-order valence-electron chi connectivity index (χ1n) is 29.2. The predicted molar refractivity (Wildman–Crippen MR) is 304 cm³/mol. The molecular formula is C62H107NO7Si. The molecule has 2 aromatic carbocycles. The molecule has 71 heavy (non-hydrogen) atoms. The van der Waals surface area contributed by atoms with Crippen LogP contribution < -0.4 is 15.7 Å². The maximum absolute atomic E-state index is 12.7. The molecule has 1 unspecified atom stereocenters. The number of carbonyl (C=O) groups excluding carboxylic acids is 1. The third-order valence-electron chi connectivity index (χ3n) is 13.4. The van der Waals surface area contributed by atoms with Gasteiger partial charge < -0.3 is 33.4 Å². The lowest BCUT2D eigenvalue weighted by Crippen LogP contribution is -2.66. The van der Waals surface area contributed by atoms with Gasteiger partial charge in [-0.2, -0.15) is 0 Å². The summed E-state index contributed by atoms with van der Waals surface area (Å²) in [5.41, 5.74) is 0. The van der Waals surface area contributed by atoms with Gasteiger partial charge in [0, 0.05) is 19.8 Å². The standard InChI is InChI=1S/C62H107NO7Si/c1-6-8-10-12-14-16-18-20-22-24-26-28-30-32-34-42-49-67-56-58(68-50-43-35-33-31-29-27-25-23-21-19-17-15-13-11-9-7-2)57-69-61(64)63-48-51-65-52-53-66-54-55-70-71(62(3,4)5,59-44-38-36-39-45-59)60-46-40-37-41-47-60/h20-23,36-41,44-47,58H,6-19,24-35,42-43,48-57H2,1-5H3,(H,63,64)/b22-20-,23-21-. The van der Waals surface area contributed by atoms with Crippen LogP contribution in [0.15, 0.2) is 85.0 Å². The van der Waals surface area contributed by atoms with Crippen LogP contribution in [0.3, 0.4) is 0 Å². The molecule has 0 radical (unpaired) electrons. The van der Waals surface area contributed by atoms with Gasteiger partial charge in [-0.15, -0.1) is 0 Å². The highest BCUT2D eigenvalue weighted by Crippen LogP contribution is 2.36. The van der Waals surface area contributed by atoms with E-state index in [-0.39, 0.29) is 17.7 Å². The molecule has 0 spiro atoms. The van der Waals surface area contributed by atoms with E-state index in [1.807, 2.05) is 0 Å². The van der Waals surface area contributed by atoms with Gasteiger partial charge in [-0.05, 0) is 79.6 Å². The molecule has 406 valence electrons. The average Bonchev–Trinajstić information content (AvgIpc) is 3.37. The Morgan fingerprint density at radius 1 is 0.479 bits per heavy atom. The van der Waals surface area contributed by atoms with E-state index in [1.165, 1.54) is 171 Å². The molecule has 0 aromatic heterocycles. The molecular weight excluding hydrogens is 899 g/mol. The highest BCUT2D eigenvalue weighted by Gasteiger charge is 2.50. The number of hydrogen-bond donors (Lipinski definition) is 1. The lowest BCUT2D eigenvalue weighted by molar-refractivity contribution is -0.0469. The summed E-state index contributed by atoms with van der Waals surface area (Å²) < 4.78 is 36.5. The number of rotatable bonds is 49. The molecule has 9 heteroatoms. The van der Waals surface area contributed by atoms with Crippen molar-refractivity contribution in [1.82, 2.24) is 5.32 Å². The van der Waals surface area contributed by atoms with E-state index in [0.29, 0.717) is 59.4 Å². The monoisotopic (exact) mass is 1010 g/mol.